The number of rotatable bonds is 10. The van der Waals surface area contributed by atoms with Gasteiger partial charge in [0.25, 0.3) is 0 Å². The molecular formula is C10H20O5. The Bertz CT molecular complexity index is 160. The van der Waals surface area contributed by atoms with E-state index in [0.717, 1.165) is 6.42 Å². The Kier molecular flexibility index (Phi) is 9.46. The quantitative estimate of drug-likeness (QED) is 0.525. The van der Waals surface area contributed by atoms with Gasteiger partial charge in [-0.25, -0.2) is 0 Å². The molecule has 0 bridgehead atoms. The Balaban J connectivity index is 3.08. The SMILES string of the molecule is CC(COCCCOCCCO)C(=O)O. The molecule has 0 aromatic rings. The highest BCUT2D eigenvalue weighted by molar-refractivity contribution is 5.69. The summed E-state index contributed by atoms with van der Waals surface area (Å²) in [6.45, 7) is 3.65. The first-order chi connectivity index (χ1) is 7.18. The number of aliphatic hydroxyl groups excluding tert-OH is 1. The first-order valence-electron chi connectivity index (χ1n) is 5.17. The van der Waals surface area contributed by atoms with Gasteiger partial charge in [0.05, 0.1) is 12.5 Å². The normalized spacial score (nSPS) is 12.7. The number of hydrogen-bond donors (Lipinski definition) is 2. The molecule has 90 valence electrons. The van der Waals surface area contributed by atoms with Crippen LogP contribution in [0.15, 0.2) is 0 Å². The van der Waals surface area contributed by atoms with Gasteiger partial charge in [-0.2, -0.15) is 0 Å². The van der Waals surface area contributed by atoms with Crippen LogP contribution >= 0.6 is 0 Å². The van der Waals surface area contributed by atoms with Crippen molar-refractivity contribution < 1.29 is 24.5 Å². The van der Waals surface area contributed by atoms with Gasteiger partial charge < -0.3 is 19.7 Å². The van der Waals surface area contributed by atoms with Crippen LogP contribution in [0, 0.1) is 5.92 Å². The maximum atomic E-state index is 10.4. The molecule has 1 atom stereocenters. The molecule has 5 nitrogen and oxygen atoms in total. The number of carboxylic acids is 1. The second-order valence-corrected chi connectivity index (χ2v) is 3.36. The van der Waals surface area contributed by atoms with E-state index >= 15 is 0 Å². The molecule has 0 aliphatic rings. The van der Waals surface area contributed by atoms with Crippen LogP contribution in [-0.4, -0.2) is 49.2 Å². The molecule has 0 heterocycles. The fourth-order valence-electron chi connectivity index (χ4n) is 0.863. The van der Waals surface area contributed by atoms with Gasteiger partial charge in [0.15, 0.2) is 0 Å². The molecule has 0 amide bonds. The zero-order valence-corrected chi connectivity index (χ0v) is 9.15. The van der Waals surface area contributed by atoms with Gasteiger partial charge in [-0.1, -0.05) is 0 Å². The average Bonchev–Trinajstić information content (AvgIpc) is 2.21. The third-order valence-electron chi connectivity index (χ3n) is 1.81. The van der Waals surface area contributed by atoms with Gasteiger partial charge in [0.2, 0.25) is 0 Å². The number of carboxylic acid groups (broad SMARTS) is 1. The van der Waals surface area contributed by atoms with Crippen molar-refractivity contribution in [1.82, 2.24) is 0 Å². The Labute approximate surface area is 90.0 Å². The standard InChI is InChI=1S/C10H20O5/c1-9(10(12)13)8-15-7-3-6-14-5-2-4-11/h9,11H,2-8H2,1H3,(H,12,13). The van der Waals surface area contributed by atoms with Crippen molar-refractivity contribution in [1.29, 1.82) is 0 Å². The summed E-state index contributed by atoms with van der Waals surface area (Å²) in [6, 6.07) is 0. The molecule has 0 aromatic heterocycles. The maximum Gasteiger partial charge on any atom is 0.308 e. The molecule has 0 spiro atoms. The van der Waals surface area contributed by atoms with Crippen molar-refractivity contribution in [2.24, 2.45) is 5.92 Å². The molecule has 2 N–H and O–H groups in total. The highest BCUT2D eigenvalue weighted by atomic mass is 16.5. The minimum absolute atomic E-state index is 0.145. The van der Waals surface area contributed by atoms with E-state index in [2.05, 4.69) is 0 Å². The van der Waals surface area contributed by atoms with Crippen molar-refractivity contribution in [3.05, 3.63) is 0 Å². The highest BCUT2D eigenvalue weighted by Gasteiger charge is 2.09. The lowest BCUT2D eigenvalue weighted by Crippen LogP contribution is -2.16. The zero-order chi connectivity index (χ0) is 11.5. The molecule has 0 aliphatic heterocycles. The van der Waals surface area contributed by atoms with Crippen molar-refractivity contribution in [3.8, 4) is 0 Å². The summed E-state index contributed by atoms with van der Waals surface area (Å²) in [5.41, 5.74) is 0. The third-order valence-corrected chi connectivity index (χ3v) is 1.81. The molecule has 0 aromatic carbocycles. The van der Waals surface area contributed by atoms with Crippen LogP contribution in [0.3, 0.4) is 0 Å². The Hall–Kier alpha value is -0.650. The lowest BCUT2D eigenvalue weighted by Gasteiger charge is -2.07. The van der Waals surface area contributed by atoms with Crippen LogP contribution in [0.2, 0.25) is 0 Å². The molecule has 0 rings (SSSR count). The van der Waals surface area contributed by atoms with Crippen LogP contribution in [-0.2, 0) is 14.3 Å². The van der Waals surface area contributed by atoms with E-state index in [4.69, 9.17) is 19.7 Å². The van der Waals surface area contributed by atoms with E-state index in [-0.39, 0.29) is 13.2 Å². The summed E-state index contributed by atoms with van der Waals surface area (Å²) in [5.74, 6) is -1.30. The predicted octanol–water partition coefficient (Wildman–Crippen LogP) is 0.513. The van der Waals surface area contributed by atoms with E-state index in [1.165, 1.54) is 0 Å². The van der Waals surface area contributed by atoms with Gasteiger partial charge >= 0.3 is 5.97 Å². The van der Waals surface area contributed by atoms with E-state index in [1.807, 2.05) is 0 Å². The average molecular weight is 220 g/mol. The molecule has 5 heteroatoms. The lowest BCUT2D eigenvalue weighted by molar-refractivity contribution is -0.143. The number of aliphatic carboxylic acids is 1. The van der Waals surface area contributed by atoms with E-state index in [9.17, 15) is 4.79 Å². The number of ether oxygens (including phenoxy) is 2. The third kappa shape index (κ3) is 9.65. The molecule has 1 unspecified atom stereocenters. The summed E-state index contributed by atoms with van der Waals surface area (Å²) >= 11 is 0. The van der Waals surface area contributed by atoms with Crippen LogP contribution in [0.1, 0.15) is 19.8 Å². The van der Waals surface area contributed by atoms with E-state index in [1.54, 1.807) is 6.92 Å². The zero-order valence-electron chi connectivity index (χ0n) is 9.15. The summed E-state index contributed by atoms with van der Waals surface area (Å²) in [5, 5.41) is 17.0. The first kappa shape index (κ1) is 14.3. The smallest absolute Gasteiger partial charge is 0.308 e. The molecule has 15 heavy (non-hydrogen) atoms. The Morgan fingerprint density at radius 2 is 1.80 bits per heavy atom. The number of aliphatic hydroxyl groups is 1. The van der Waals surface area contributed by atoms with Crippen LogP contribution in [0.5, 0.6) is 0 Å². The number of carbonyl (C=O) groups is 1. The summed E-state index contributed by atoms with van der Waals surface area (Å²) in [4.78, 5) is 10.4. The predicted molar refractivity (Wildman–Crippen MR) is 54.8 cm³/mol. The van der Waals surface area contributed by atoms with Crippen molar-refractivity contribution in [2.45, 2.75) is 19.8 Å². The Morgan fingerprint density at radius 1 is 1.20 bits per heavy atom. The van der Waals surface area contributed by atoms with Crippen molar-refractivity contribution >= 4 is 5.97 Å². The minimum Gasteiger partial charge on any atom is -0.481 e. The van der Waals surface area contributed by atoms with Crippen LogP contribution < -0.4 is 0 Å². The second-order valence-electron chi connectivity index (χ2n) is 3.36. The molecule has 0 saturated carbocycles. The van der Waals surface area contributed by atoms with Gasteiger partial charge in [-0.3, -0.25) is 4.79 Å². The lowest BCUT2D eigenvalue weighted by atomic mass is 10.2. The van der Waals surface area contributed by atoms with E-state index in [0.29, 0.717) is 26.2 Å². The van der Waals surface area contributed by atoms with Crippen molar-refractivity contribution in [3.63, 3.8) is 0 Å². The highest BCUT2D eigenvalue weighted by Crippen LogP contribution is 1.96. The van der Waals surface area contributed by atoms with Gasteiger partial charge in [-0.05, 0) is 19.8 Å². The summed E-state index contributed by atoms with van der Waals surface area (Å²) in [7, 11) is 0. The maximum absolute atomic E-state index is 10.4. The monoisotopic (exact) mass is 220 g/mol. The fraction of sp³-hybridized carbons (Fsp3) is 0.900. The molecule has 0 aliphatic carbocycles. The summed E-state index contributed by atoms with van der Waals surface area (Å²) < 4.78 is 10.3. The Morgan fingerprint density at radius 3 is 2.40 bits per heavy atom. The minimum atomic E-state index is -0.839. The molecule has 0 saturated heterocycles. The largest absolute Gasteiger partial charge is 0.481 e. The molecule has 0 fully saturated rings. The van der Waals surface area contributed by atoms with E-state index < -0.39 is 11.9 Å². The molecule has 0 radical (unpaired) electrons. The van der Waals surface area contributed by atoms with Gasteiger partial charge in [-0.15, -0.1) is 0 Å². The topological polar surface area (TPSA) is 76.0 Å². The van der Waals surface area contributed by atoms with Gasteiger partial charge in [0, 0.05) is 26.4 Å². The summed E-state index contributed by atoms with van der Waals surface area (Å²) in [6.07, 6.45) is 1.40. The van der Waals surface area contributed by atoms with Gasteiger partial charge in [0.1, 0.15) is 0 Å². The number of hydrogen-bond acceptors (Lipinski definition) is 4. The van der Waals surface area contributed by atoms with Crippen LogP contribution in [0.25, 0.3) is 0 Å². The van der Waals surface area contributed by atoms with Crippen LogP contribution in [0.4, 0.5) is 0 Å². The second kappa shape index (κ2) is 9.89. The molecular weight excluding hydrogens is 200 g/mol. The first-order valence-corrected chi connectivity index (χ1v) is 5.17. The fourth-order valence-corrected chi connectivity index (χ4v) is 0.863. The van der Waals surface area contributed by atoms with Crippen molar-refractivity contribution in [2.75, 3.05) is 33.0 Å².